The van der Waals surface area contributed by atoms with Crippen LogP contribution in [0.3, 0.4) is 0 Å². The molecule has 1 atom stereocenters. The Morgan fingerprint density at radius 3 is 2.78 bits per heavy atom. The molecule has 1 unspecified atom stereocenters. The Bertz CT molecular complexity index is 358. The summed E-state index contributed by atoms with van der Waals surface area (Å²) in [7, 11) is 2.24. The SMILES string of the molecule is Cc1ncsc1CCN(C)CC(C)N1CCCC1. The number of hydrogen-bond donors (Lipinski definition) is 0. The third-order valence-corrected chi connectivity index (χ3v) is 4.90. The summed E-state index contributed by atoms with van der Waals surface area (Å²) in [5, 5.41) is 0. The maximum absolute atomic E-state index is 4.31. The van der Waals surface area contributed by atoms with Gasteiger partial charge in [0.05, 0.1) is 11.2 Å². The van der Waals surface area contributed by atoms with Crippen molar-refractivity contribution in [3.8, 4) is 0 Å². The van der Waals surface area contributed by atoms with Gasteiger partial charge in [-0.15, -0.1) is 11.3 Å². The highest BCUT2D eigenvalue weighted by atomic mass is 32.1. The van der Waals surface area contributed by atoms with Crippen LogP contribution in [0.5, 0.6) is 0 Å². The Morgan fingerprint density at radius 2 is 2.17 bits per heavy atom. The minimum Gasteiger partial charge on any atom is -0.304 e. The summed E-state index contributed by atoms with van der Waals surface area (Å²) in [4.78, 5) is 10.8. The lowest BCUT2D eigenvalue weighted by Gasteiger charge is -2.28. The molecule has 18 heavy (non-hydrogen) atoms. The van der Waals surface area contributed by atoms with Crippen molar-refractivity contribution in [2.75, 3.05) is 33.2 Å². The molecule has 3 nitrogen and oxygen atoms in total. The van der Waals surface area contributed by atoms with Gasteiger partial charge in [-0.2, -0.15) is 0 Å². The van der Waals surface area contributed by atoms with Gasteiger partial charge in [0.1, 0.15) is 0 Å². The average Bonchev–Trinajstić information content (AvgIpc) is 2.97. The van der Waals surface area contributed by atoms with Crippen molar-refractivity contribution in [1.82, 2.24) is 14.8 Å². The number of aryl methyl sites for hydroxylation is 1. The van der Waals surface area contributed by atoms with E-state index >= 15 is 0 Å². The predicted octanol–water partition coefficient (Wildman–Crippen LogP) is 2.41. The first-order chi connectivity index (χ1) is 8.66. The molecule has 0 aromatic carbocycles. The van der Waals surface area contributed by atoms with Gasteiger partial charge in [-0.25, -0.2) is 4.98 Å². The number of hydrogen-bond acceptors (Lipinski definition) is 4. The van der Waals surface area contributed by atoms with Crippen LogP contribution in [0.1, 0.15) is 30.3 Å². The third kappa shape index (κ3) is 3.77. The van der Waals surface area contributed by atoms with E-state index in [1.807, 2.05) is 5.51 Å². The van der Waals surface area contributed by atoms with Crippen LogP contribution in [0.15, 0.2) is 5.51 Å². The van der Waals surface area contributed by atoms with E-state index in [-0.39, 0.29) is 0 Å². The lowest BCUT2D eigenvalue weighted by molar-refractivity contribution is 0.193. The topological polar surface area (TPSA) is 19.4 Å². The van der Waals surface area contributed by atoms with E-state index < -0.39 is 0 Å². The Balaban J connectivity index is 1.71. The summed E-state index contributed by atoms with van der Waals surface area (Å²) in [5.74, 6) is 0. The molecule has 0 bridgehead atoms. The van der Waals surface area contributed by atoms with E-state index in [2.05, 4.69) is 35.7 Å². The maximum Gasteiger partial charge on any atom is 0.0797 e. The van der Waals surface area contributed by atoms with Crippen LogP contribution < -0.4 is 0 Å². The highest BCUT2D eigenvalue weighted by molar-refractivity contribution is 7.09. The Labute approximate surface area is 115 Å². The van der Waals surface area contributed by atoms with Gasteiger partial charge >= 0.3 is 0 Å². The second-order valence-corrected chi connectivity index (χ2v) is 6.40. The number of thiazole rings is 1. The van der Waals surface area contributed by atoms with Crippen LogP contribution in [0.25, 0.3) is 0 Å². The van der Waals surface area contributed by atoms with E-state index in [0.717, 1.165) is 13.0 Å². The molecule has 1 aliphatic heterocycles. The molecule has 0 saturated carbocycles. The van der Waals surface area contributed by atoms with Crippen molar-refractivity contribution < 1.29 is 0 Å². The molecule has 1 aliphatic rings. The summed E-state index contributed by atoms with van der Waals surface area (Å²) in [6, 6.07) is 0.694. The fraction of sp³-hybridized carbons (Fsp3) is 0.786. The Morgan fingerprint density at radius 1 is 1.44 bits per heavy atom. The summed E-state index contributed by atoms with van der Waals surface area (Å²) in [6.07, 6.45) is 3.90. The molecule has 0 aliphatic carbocycles. The highest BCUT2D eigenvalue weighted by Gasteiger charge is 2.19. The van der Waals surface area contributed by atoms with Gasteiger partial charge in [0, 0.05) is 24.0 Å². The van der Waals surface area contributed by atoms with Crippen LogP contribution in [-0.4, -0.2) is 54.1 Å². The molecule has 0 spiro atoms. The minimum atomic E-state index is 0.694. The zero-order valence-electron chi connectivity index (χ0n) is 11.9. The lowest BCUT2D eigenvalue weighted by Crippen LogP contribution is -2.40. The molecule has 2 heterocycles. The molecule has 1 aromatic heterocycles. The fourth-order valence-electron chi connectivity index (χ4n) is 2.70. The van der Waals surface area contributed by atoms with Crippen molar-refractivity contribution in [3.63, 3.8) is 0 Å². The zero-order chi connectivity index (χ0) is 13.0. The Kier molecular flexibility index (Phi) is 5.15. The van der Waals surface area contributed by atoms with Crippen molar-refractivity contribution in [1.29, 1.82) is 0 Å². The molecule has 1 fully saturated rings. The van der Waals surface area contributed by atoms with Crippen LogP contribution in [0.4, 0.5) is 0 Å². The van der Waals surface area contributed by atoms with Crippen molar-refractivity contribution in [2.24, 2.45) is 0 Å². The van der Waals surface area contributed by atoms with Gasteiger partial charge in [-0.05, 0) is 53.2 Å². The minimum absolute atomic E-state index is 0.694. The average molecular weight is 267 g/mol. The number of likely N-dealkylation sites (tertiary alicyclic amines) is 1. The second kappa shape index (κ2) is 6.64. The lowest BCUT2D eigenvalue weighted by atomic mass is 10.2. The highest BCUT2D eigenvalue weighted by Crippen LogP contribution is 2.14. The largest absolute Gasteiger partial charge is 0.304 e. The van der Waals surface area contributed by atoms with Gasteiger partial charge in [0.15, 0.2) is 0 Å². The summed E-state index contributed by atoms with van der Waals surface area (Å²) < 4.78 is 0. The standard InChI is InChI=1S/C14H25N3S/c1-12(17-7-4-5-8-17)10-16(3)9-6-14-13(2)15-11-18-14/h11-12H,4-10H2,1-3H3. The smallest absolute Gasteiger partial charge is 0.0797 e. The van der Waals surface area contributed by atoms with Crippen LogP contribution in [-0.2, 0) is 6.42 Å². The van der Waals surface area contributed by atoms with Crippen molar-refractivity contribution in [3.05, 3.63) is 16.1 Å². The summed E-state index contributed by atoms with van der Waals surface area (Å²) in [6.45, 7) is 9.38. The predicted molar refractivity (Wildman–Crippen MR) is 78.3 cm³/mol. The van der Waals surface area contributed by atoms with Gasteiger partial charge in [0.25, 0.3) is 0 Å². The molecular weight excluding hydrogens is 242 g/mol. The van der Waals surface area contributed by atoms with Gasteiger partial charge in [-0.3, -0.25) is 4.90 Å². The molecule has 4 heteroatoms. The van der Waals surface area contributed by atoms with Gasteiger partial charge in [-0.1, -0.05) is 0 Å². The van der Waals surface area contributed by atoms with E-state index in [9.17, 15) is 0 Å². The van der Waals surface area contributed by atoms with E-state index in [1.54, 1.807) is 11.3 Å². The first-order valence-corrected chi connectivity index (χ1v) is 7.86. The summed E-state index contributed by atoms with van der Waals surface area (Å²) in [5.41, 5.74) is 3.17. The molecule has 1 aromatic rings. The quantitative estimate of drug-likeness (QED) is 0.789. The summed E-state index contributed by atoms with van der Waals surface area (Å²) >= 11 is 1.79. The fourth-order valence-corrected chi connectivity index (χ4v) is 3.47. The zero-order valence-corrected chi connectivity index (χ0v) is 12.7. The van der Waals surface area contributed by atoms with E-state index in [0.29, 0.717) is 6.04 Å². The van der Waals surface area contributed by atoms with Gasteiger partial charge in [0.2, 0.25) is 0 Å². The van der Waals surface area contributed by atoms with E-state index in [4.69, 9.17) is 0 Å². The van der Waals surface area contributed by atoms with Crippen LogP contribution in [0.2, 0.25) is 0 Å². The molecule has 0 N–H and O–H groups in total. The van der Waals surface area contributed by atoms with Gasteiger partial charge < -0.3 is 4.90 Å². The molecule has 0 radical (unpaired) electrons. The van der Waals surface area contributed by atoms with Crippen molar-refractivity contribution >= 4 is 11.3 Å². The van der Waals surface area contributed by atoms with Crippen molar-refractivity contribution in [2.45, 2.75) is 39.2 Å². The molecule has 102 valence electrons. The monoisotopic (exact) mass is 267 g/mol. The molecule has 2 rings (SSSR count). The third-order valence-electron chi connectivity index (χ3n) is 3.91. The first kappa shape index (κ1) is 14.0. The maximum atomic E-state index is 4.31. The van der Waals surface area contributed by atoms with Crippen LogP contribution >= 0.6 is 11.3 Å². The number of rotatable bonds is 6. The Hall–Kier alpha value is -0.450. The molecule has 1 saturated heterocycles. The number of nitrogens with zero attached hydrogens (tertiary/aromatic N) is 3. The second-order valence-electron chi connectivity index (χ2n) is 5.47. The first-order valence-electron chi connectivity index (χ1n) is 6.98. The normalized spacial score (nSPS) is 18.7. The number of aromatic nitrogens is 1. The molecular formula is C14H25N3S. The molecule has 0 amide bonds. The number of likely N-dealkylation sites (N-methyl/N-ethyl adjacent to an activating group) is 1. The van der Waals surface area contributed by atoms with E-state index in [1.165, 1.54) is 43.0 Å². The van der Waals surface area contributed by atoms with Crippen LogP contribution in [0, 0.1) is 6.92 Å².